The summed E-state index contributed by atoms with van der Waals surface area (Å²) in [5.41, 5.74) is 1.12. The van der Waals surface area contributed by atoms with Crippen LogP contribution in [0.3, 0.4) is 0 Å². The molecule has 0 bridgehead atoms. The molecule has 0 spiro atoms. The molecule has 17 heavy (non-hydrogen) atoms. The third-order valence-electron chi connectivity index (χ3n) is 3.13. The van der Waals surface area contributed by atoms with Crippen molar-refractivity contribution in [3.63, 3.8) is 0 Å². The van der Waals surface area contributed by atoms with E-state index in [-0.39, 0.29) is 0 Å². The number of hydrogen-bond acceptors (Lipinski definition) is 3. The lowest BCUT2D eigenvalue weighted by Crippen LogP contribution is -2.33. The average molecular weight is 255 g/mol. The minimum absolute atomic E-state index is 0.618. The lowest BCUT2D eigenvalue weighted by Gasteiger charge is -2.12. The van der Waals surface area contributed by atoms with Gasteiger partial charge in [0.1, 0.15) is 5.75 Å². The van der Waals surface area contributed by atoms with E-state index in [1.54, 1.807) is 7.11 Å². The van der Waals surface area contributed by atoms with Crippen molar-refractivity contribution in [3.05, 3.63) is 28.8 Å². The first-order chi connectivity index (χ1) is 8.29. The van der Waals surface area contributed by atoms with Crippen LogP contribution in [0, 0.1) is 0 Å². The molecule has 0 radical (unpaired) electrons. The van der Waals surface area contributed by atoms with Gasteiger partial charge in [-0.3, -0.25) is 0 Å². The lowest BCUT2D eigenvalue weighted by molar-refractivity contribution is 0.414. The van der Waals surface area contributed by atoms with Crippen LogP contribution in [0.4, 0.5) is 0 Å². The van der Waals surface area contributed by atoms with Gasteiger partial charge in [-0.15, -0.1) is 0 Å². The Bertz CT molecular complexity index is 364. The number of rotatable bonds is 5. The zero-order valence-electron chi connectivity index (χ0n) is 10.1. The molecule has 2 N–H and O–H groups in total. The van der Waals surface area contributed by atoms with Gasteiger partial charge in [0.05, 0.1) is 7.11 Å². The Kier molecular flexibility index (Phi) is 4.66. The van der Waals surface area contributed by atoms with Gasteiger partial charge in [0.15, 0.2) is 0 Å². The molecular formula is C13H19ClN2O. The summed E-state index contributed by atoms with van der Waals surface area (Å²) in [5.74, 6) is 0.802. The SMILES string of the molecule is COc1ccc(CNCC2CCCN2)c(Cl)c1. The van der Waals surface area contributed by atoms with Crippen molar-refractivity contribution in [2.24, 2.45) is 0 Å². The molecule has 1 unspecified atom stereocenters. The smallest absolute Gasteiger partial charge is 0.120 e. The second-order valence-electron chi connectivity index (χ2n) is 4.38. The maximum Gasteiger partial charge on any atom is 0.120 e. The first-order valence-corrected chi connectivity index (χ1v) is 6.44. The highest BCUT2D eigenvalue weighted by molar-refractivity contribution is 6.31. The molecule has 0 saturated carbocycles. The Hall–Kier alpha value is -0.770. The minimum Gasteiger partial charge on any atom is -0.497 e. The van der Waals surface area contributed by atoms with Gasteiger partial charge in [0, 0.05) is 24.2 Å². The fourth-order valence-corrected chi connectivity index (χ4v) is 2.35. The zero-order chi connectivity index (χ0) is 12.1. The van der Waals surface area contributed by atoms with Gasteiger partial charge >= 0.3 is 0 Å². The number of benzene rings is 1. The normalized spacial score (nSPS) is 19.5. The summed E-state index contributed by atoms with van der Waals surface area (Å²) >= 11 is 6.17. The van der Waals surface area contributed by atoms with E-state index in [1.807, 2.05) is 18.2 Å². The Morgan fingerprint density at radius 1 is 1.53 bits per heavy atom. The third-order valence-corrected chi connectivity index (χ3v) is 3.48. The molecule has 1 saturated heterocycles. The van der Waals surface area contributed by atoms with Crippen molar-refractivity contribution in [2.45, 2.75) is 25.4 Å². The molecule has 1 aliphatic heterocycles. The average Bonchev–Trinajstić information content (AvgIpc) is 2.84. The second kappa shape index (κ2) is 6.24. The van der Waals surface area contributed by atoms with Gasteiger partial charge in [-0.25, -0.2) is 0 Å². The summed E-state index contributed by atoms with van der Waals surface area (Å²) in [4.78, 5) is 0. The molecular weight excluding hydrogens is 236 g/mol. The fourth-order valence-electron chi connectivity index (χ4n) is 2.11. The maximum atomic E-state index is 6.17. The highest BCUT2D eigenvalue weighted by atomic mass is 35.5. The van der Waals surface area contributed by atoms with Crippen LogP contribution in [-0.4, -0.2) is 26.2 Å². The number of hydrogen-bond donors (Lipinski definition) is 2. The van der Waals surface area contributed by atoms with Gasteiger partial charge in [0.2, 0.25) is 0 Å². The van der Waals surface area contributed by atoms with Gasteiger partial charge in [-0.05, 0) is 37.1 Å². The topological polar surface area (TPSA) is 33.3 Å². The molecule has 3 nitrogen and oxygen atoms in total. The van der Waals surface area contributed by atoms with Crippen LogP contribution in [0.5, 0.6) is 5.75 Å². The molecule has 1 aromatic rings. The monoisotopic (exact) mass is 254 g/mol. The second-order valence-corrected chi connectivity index (χ2v) is 4.79. The summed E-state index contributed by atoms with van der Waals surface area (Å²) in [5, 5.41) is 7.65. The van der Waals surface area contributed by atoms with Crippen LogP contribution >= 0.6 is 11.6 Å². The van der Waals surface area contributed by atoms with E-state index in [0.29, 0.717) is 6.04 Å². The number of ether oxygens (including phenoxy) is 1. The van der Waals surface area contributed by atoms with Crippen molar-refractivity contribution in [2.75, 3.05) is 20.2 Å². The van der Waals surface area contributed by atoms with Crippen molar-refractivity contribution < 1.29 is 4.74 Å². The molecule has 0 aliphatic carbocycles. The molecule has 0 aromatic heterocycles. The van der Waals surface area contributed by atoms with Crippen molar-refractivity contribution in [3.8, 4) is 5.75 Å². The van der Waals surface area contributed by atoms with Gasteiger partial charge in [-0.1, -0.05) is 17.7 Å². The molecule has 0 amide bonds. The van der Waals surface area contributed by atoms with E-state index in [2.05, 4.69) is 10.6 Å². The van der Waals surface area contributed by atoms with Crippen LogP contribution in [0.15, 0.2) is 18.2 Å². The summed E-state index contributed by atoms with van der Waals surface area (Å²) < 4.78 is 5.12. The standard InChI is InChI=1S/C13H19ClN2O/c1-17-12-5-4-10(13(14)7-12)8-15-9-11-3-2-6-16-11/h4-5,7,11,15-16H,2-3,6,8-9H2,1H3. The Morgan fingerprint density at radius 2 is 2.41 bits per heavy atom. The Morgan fingerprint density at radius 3 is 3.06 bits per heavy atom. The molecule has 1 atom stereocenters. The van der Waals surface area contributed by atoms with Crippen LogP contribution in [0.2, 0.25) is 5.02 Å². The van der Waals surface area contributed by atoms with Crippen LogP contribution < -0.4 is 15.4 Å². The van der Waals surface area contributed by atoms with Gasteiger partial charge in [0.25, 0.3) is 0 Å². The molecule has 1 heterocycles. The fraction of sp³-hybridized carbons (Fsp3) is 0.538. The first kappa shape index (κ1) is 12.7. The van der Waals surface area contributed by atoms with E-state index in [1.165, 1.54) is 12.8 Å². The number of halogens is 1. The number of methoxy groups -OCH3 is 1. The van der Waals surface area contributed by atoms with Crippen LogP contribution in [-0.2, 0) is 6.54 Å². The highest BCUT2D eigenvalue weighted by Crippen LogP contribution is 2.22. The summed E-state index contributed by atoms with van der Waals surface area (Å²) in [7, 11) is 1.65. The Labute approximate surface area is 107 Å². The van der Waals surface area contributed by atoms with Crippen LogP contribution in [0.25, 0.3) is 0 Å². The highest BCUT2D eigenvalue weighted by Gasteiger charge is 2.13. The minimum atomic E-state index is 0.618. The molecule has 4 heteroatoms. The summed E-state index contributed by atoms with van der Waals surface area (Å²) in [6, 6.07) is 6.42. The summed E-state index contributed by atoms with van der Waals surface area (Å²) in [6.45, 7) is 2.96. The molecule has 94 valence electrons. The van der Waals surface area contributed by atoms with Gasteiger partial charge in [-0.2, -0.15) is 0 Å². The first-order valence-electron chi connectivity index (χ1n) is 6.06. The lowest BCUT2D eigenvalue weighted by atomic mass is 10.2. The van der Waals surface area contributed by atoms with Crippen molar-refractivity contribution in [1.29, 1.82) is 0 Å². The third kappa shape index (κ3) is 3.60. The van der Waals surface area contributed by atoms with E-state index in [9.17, 15) is 0 Å². The molecule has 1 fully saturated rings. The quantitative estimate of drug-likeness (QED) is 0.845. The Balaban J connectivity index is 1.81. The van der Waals surface area contributed by atoms with E-state index >= 15 is 0 Å². The predicted octanol–water partition coefficient (Wildman–Crippen LogP) is 2.19. The maximum absolute atomic E-state index is 6.17. The van der Waals surface area contributed by atoms with Crippen molar-refractivity contribution >= 4 is 11.6 Å². The molecule has 1 aliphatic rings. The van der Waals surface area contributed by atoms with Crippen molar-refractivity contribution in [1.82, 2.24) is 10.6 Å². The molecule has 2 rings (SSSR count). The largest absolute Gasteiger partial charge is 0.497 e. The van der Waals surface area contributed by atoms with E-state index in [0.717, 1.165) is 36.0 Å². The predicted molar refractivity (Wildman–Crippen MR) is 70.7 cm³/mol. The zero-order valence-corrected chi connectivity index (χ0v) is 10.9. The molecule has 1 aromatic carbocycles. The summed E-state index contributed by atoms with van der Waals surface area (Å²) in [6.07, 6.45) is 2.55. The number of nitrogens with one attached hydrogen (secondary N) is 2. The van der Waals surface area contributed by atoms with Crippen LogP contribution in [0.1, 0.15) is 18.4 Å². The van der Waals surface area contributed by atoms with E-state index < -0.39 is 0 Å². The van der Waals surface area contributed by atoms with E-state index in [4.69, 9.17) is 16.3 Å². The van der Waals surface area contributed by atoms with Gasteiger partial charge < -0.3 is 15.4 Å².